The zero-order chi connectivity index (χ0) is 16.3. The third-order valence-corrected chi connectivity index (χ3v) is 3.81. The van der Waals surface area contributed by atoms with E-state index in [1.807, 2.05) is 4.90 Å². The van der Waals surface area contributed by atoms with Gasteiger partial charge in [-0.05, 0) is 19.1 Å². The van der Waals surface area contributed by atoms with E-state index in [4.69, 9.17) is 0 Å². The monoisotopic (exact) mass is 314 g/mol. The zero-order valence-electron chi connectivity index (χ0n) is 12.4. The lowest BCUT2D eigenvalue weighted by molar-refractivity contribution is -0.141. The van der Waals surface area contributed by atoms with Crippen LogP contribution in [-0.4, -0.2) is 64.7 Å². The number of β-amino-alcohol motifs (C(OH)–C–C–N with tert-alkyl or cyclic N) is 1. The van der Waals surface area contributed by atoms with Crippen LogP contribution in [0.15, 0.2) is 18.2 Å². The summed E-state index contributed by atoms with van der Waals surface area (Å²) in [6.07, 6.45) is -2.30. The lowest BCUT2D eigenvalue weighted by atomic mass is 10.1. The zero-order valence-corrected chi connectivity index (χ0v) is 12.4. The van der Waals surface area contributed by atoms with Gasteiger partial charge >= 0.3 is 0 Å². The van der Waals surface area contributed by atoms with E-state index in [1.165, 1.54) is 17.9 Å². The van der Waals surface area contributed by atoms with Gasteiger partial charge < -0.3 is 15.1 Å². The smallest absolute Gasteiger partial charge is 0.251 e. The first-order valence-corrected chi connectivity index (χ1v) is 7.21. The van der Waals surface area contributed by atoms with Crippen LogP contribution in [0.1, 0.15) is 18.6 Å². The van der Waals surface area contributed by atoms with Crippen LogP contribution >= 0.6 is 0 Å². The summed E-state index contributed by atoms with van der Waals surface area (Å²) in [5, 5.41) is 19.3. The molecule has 1 saturated heterocycles. The summed E-state index contributed by atoms with van der Waals surface area (Å²) in [6.45, 7) is 3.29. The van der Waals surface area contributed by atoms with Gasteiger partial charge in [0.15, 0.2) is 0 Å². The predicted octanol–water partition coefficient (Wildman–Crippen LogP) is 0.523. The van der Waals surface area contributed by atoms with Gasteiger partial charge in [0.1, 0.15) is 17.7 Å². The number of amides is 1. The number of aliphatic hydroxyl groups is 2. The Balaban J connectivity index is 1.92. The van der Waals surface area contributed by atoms with E-state index in [-0.39, 0.29) is 18.0 Å². The van der Waals surface area contributed by atoms with Crippen LogP contribution in [-0.2, 0) is 4.79 Å². The van der Waals surface area contributed by atoms with Gasteiger partial charge in [0.25, 0.3) is 5.91 Å². The van der Waals surface area contributed by atoms with Crippen LogP contribution in [0.25, 0.3) is 0 Å². The molecule has 5 nitrogen and oxygen atoms in total. The Bertz CT molecular complexity index is 511. The van der Waals surface area contributed by atoms with Crippen molar-refractivity contribution in [2.75, 3.05) is 32.7 Å². The quantitative estimate of drug-likeness (QED) is 0.851. The summed E-state index contributed by atoms with van der Waals surface area (Å²) in [5.41, 5.74) is -0.329. The van der Waals surface area contributed by atoms with Gasteiger partial charge in [-0.15, -0.1) is 0 Å². The molecule has 0 aromatic heterocycles. The fourth-order valence-corrected chi connectivity index (χ4v) is 2.58. The number of piperazine rings is 1. The molecular formula is C15H20F2N2O3. The van der Waals surface area contributed by atoms with Gasteiger partial charge in [0, 0.05) is 32.7 Å². The summed E-state index contributed by atoms with van der Waals surface area (Å²) in [5.74, 6) is -1.87. The van der Waals surface area contributed by atoms with Crippen molar-refractivity contribution in [1.29, 1.82) is 0 Å². The maximum Gasteiger partial charge on any atom is 0.251 e. The van der Waals surface area contributed by atoms with E-state index < -0.39 is 23.8 Å². The van der Waals surface area contributed by atoms with E-state index >= 15 is 0 Å². The Morgan fingerprint density at radius 2 is 1.73 bits per heavy atom. The third kappa shape index (κ3) is 3.79. The SMILES string of the molecule is CC(O)C(=O)N1CCN(CC(O)c2c(F)cccc2F)CC1. The highest BCUT2D eigenvalue weighted by Crippen LogP contribution is 2.22. The number of benzene rings is 1. The molecule has 2 N–H and O–H groups in total. The topological polar surface area (TPSA) is 64.0 Å². The molecular weight excluding hydrogens is 294 g/mol. The van der Waals surface area contributed by atoms with Crippen LogP contribution in [0, 0.1) is 11.6 Å². The first-order chi connectivity index (χ1) is 10.4. The van der Waals surface area contributed by atoms with Crippen LogP contribution < -0.4 is 0 Å². The molecule has 0 radical (unpaired) electrons. The Labute approximate surface area is 127 Å². The molecule has 7 heteroatoms. The number of hydrogen-bond donors (Lipinski definition) is 2. The third-order valence-electron chi connectivity index (χ3n) is 3.81. The number of carbonyl (C=O) groups is 1. The van der Waals surface area contributed by atoms with Crippen molar-refractivity contribution in [3.8, 4) is 0 Å². The van der Waals surface area contributed by atoms with Crippen molar-refractivity contribution < 1.29 is 23.8 Å². The molecule has 1 aromatic carbocycles. The van der Waals surface area contributed by atoms with Crippen molar-refractivity contribution >= 4 is 5.91 Å². The fraction of sp³-hybridized carbons (Fsp3) is 0.533. The number of carbonyl (C=O) groups excluding carboxylic acids is 1. The fourth-order valence-electron chi connectivity index (χ4n) is 2.58. The van der Waals surface area contributed by atoms with Gasteiger partial charge in [0.2, 0.25) is 0 Å². The molecule has 1 amide bonds. The van der Waals surface area contributed by atoms with E-state index in [1.54, 1.807) is 0 Å². The normalized spacial score (nSPS) is 19.0. The van der Waals surface area contributed by atoms with Crippen molar-refractivity contribution in [3.63, 3.8) is 0 Å². The second kappa shape index (κ2) is 7.13. The van der Waals surface area contributed by atoms with Crippen molar-refractivity contribution in [2.45, 2.75) is 19.1 Å². The van der Waals surface area contributed by atoms with Crippen LogP contribution in [0.2, 0.25) is 0 Å². The van der Waals surface area contributed by atoms with E-state index in [9.17, 15) is 23.8 Å². The number of hydrogen-bond acceptors (Lipinski definition) is 4. The summed E-state index contributed by atoms with van der Waals surface area (Å²) in [4.78, 5) is 15.0. The van der Waals surface area contributed by atoms with Gasteiger partial charge in [-0.3, -0.25) is 9.69 Å². The maximum absolute atomic E-state index is 13.6. The van der Waals surface area contributed by atoms with Gasteiger partial charge in [0.05, 0.1) is 11.7 Å². The standard InChI is InChI=1S/C15H20F2N2O3/c1-10(20)15(22)19-7-5-18(6-8-19)9-13(21)14-11(16)3-2-4-12(14)17/h2-4,10,13,20-21H,5-9H2,1H3. The minimum Gasteiger partial charge on any atom is -0.387 e. The first kappa shape index (κ1) is 16.8. The Morgan fingerprint density at radius 1 is 1.18 bits per heavy atom. The highest BCUT2D eigenvalue weighted by Gasteiger charge is 2.26. The molecule has 0 bridgehead atoms. The average Bonchev–Trinajstić information content (AvgIpc) is 2.47. The molecule has 1 aliphatic rings. The number of nitrogens with zero attached hydrogens (tertiary/aromatic N) is 2. The summed E-state index contributed by atoms with van der Waals surface area (Å²) in [6, 6.07) is 3.48. The molecule has 0 saturated carbocycles. The number of aliphatic hydroxyl groups excluding tert-OH is 2. The van der Waals surface area contributed by atoms with Crippen molar-refractivity contribution in [3.05, 3.63) is 35.4 Å². The summed E-state index contributed by atoms with van der Waals surface area (Å²) >= 11 is 0. The van der Waals surface area contributed by atoms with Gasteiger partial charge in [-0.25, -0.2) is 8.78 Å². The molecule has 2 atom stereocenters. The van der Waals surface area contributed by atoms with Crippen LogP contribution in [0.5, 0.6) is 0 Å². The highest BCUT2D eigenvalue weighted by atomic mass is 19.1. The molecule has 0 aliphatic carbocycles. The number of halogens is 2. The van der Waals surface area contributed by atoms with E-state index in [0.29, 0.717) is 26.2 Å². The predicted molar refractivity (Wildman–Crippen MR) is 76.0 cm³/mol. The minimum atomic E-state index is -1.26. The van der Waals surface area contributed by atoms with E-state index in [0.717, 1.165) is 12.1 Å². The molecule has 1 heterocycles. The lowest BCUT2D eigenvalue weighted by Crippen LogP contribution is -2.51. The van der Waals surface area contributed by atoms with Crippen molar-refractivity contribution in [1.82, 2.24) is 9.80 Å². The molecule has 1 aliphatic heterocycles. The molecule has 22 heavy (non-hydrogen) atoms. The summed E-state index contributed by atoms with van der Waals surface area (Å²) in [7, 11) is 0. The first-order valence-electron chi connectivity index (χ1n) is 7.21. The molecule has 0 spiro atoms. The molecule has 1 aromatic rings. The lowest BCUT2D eigenvalue weighted by Gasteiger charge is -2.36. The van der Waals surface area contributed by atoms with Gasteiger partial charge in [-0.2, -0.15) is 0 Å². The second-order valence-corrected chi connectivity index (χ2v) is 5.45. The largest absolute Gasteiger partial charge is 0.387 e. The van der Waals surface area contributed by atoms with Gasteiger partial charge in [-0.1, -0.05) is 6.07 Å². The van der Waals surface area contributed by atoms with Crippen molar-refractivity contribution in [2.24, 2.45) is 0 Å². The number of rotatable bonds is 4. The molecule has 122 valence electrons. The molecule has 2 rings (SSSR count). The van der Waals surface area contributed by atoms with Crippen LogP contribution in [0.3, 0.4) is 0 Å². The molecule has 2 unspecified atom stereocenters. The molecule has 1 fully saturated rings. The Morgan fingerprint density at radius 3 is 2.23 bits per heavy atom. The minimum absolute atomic E-state index is 0.0918. The maximum atomic E-state index is 13.6. The van der Waals surface area contributed by atoms with Crippen LogP contribution in [0.4, 0.5) is 8.78 Å². The van der Waals surface area contributed by atoms with E-state index in [2.05, 4.69) is 0 Å². The Hall–Kier alpha value is -1.57. The second-order valence-electron chi connectivity index (χ2n) is 5.45. The Kier molecular flexibility index (Phi) is 5.44. The summed E-state index contributed by atoms with van der Waals surface area (Å²) < 4.78 is 27.2. The highest BCUT2D eigenvalue weighted by molar-refractivity contribution is 5.80. The average molecular weight is 314 g/mol.